The monoisotopic (exact) mass is 229 g/mol. The molecule has 0 aromatic carbocycles. The highest BCUT2D eigenvalue weighted by atomic mass is 16.5. The van der Waals surface area contributed by atoms with Crippen LogP contribution in [0.5, 0.6) is 0 Å². The number of aliphatic carboxylic acids is 1. The maximum atomic E-state index is 11.6. The van der Waals surface area contributed by atoms with Crippen LogP contribution in [0.3, 0.4) is 0 Å². The number of carbonyl (C=O) groups excluding carboxylic acids is 1. The van der Waals surface area contributed by atoms with Gasteiger partial charge in [0.1, 0.15) is 5.41 Å². The van der Waals surface area contributed by atoms with Gasteiger partial charge in [0.2, 0.25) is 5.91 Å². The van der Waals surface area contributed by atoms with Gasteiger partial charge >= 0.3 is 5.97 Å². The maximum Gasteiger partial charge on any atom is 0.318 e. The molecular formula is C11H19NO4. The molecule has 0 aliphatic carbocycles. The lowest BCUT2D eigenvalue weighted by molar-refractivity contribution is -0.153. The lowest BCUT2D eigenvalue weighted by Gasteiger charge is -2.18. The first-order valence-electron chi connectivity index (χ1n) is 5.54. The Kier molecular flexibility index (Phi) is 4.29. The van der Waals surface area contributed by atoms with Crippen LogP contribution in [-0.4, -0.2) is 36.7 Å². The number of hydrogen-bond donors (Lipinski definition) is 2. The largest absolute Gasteiger partial charge is 0.480 e. The van der Waals surface area contributed by atoms with Gasteiger partial charge in [0, 0.05) is 19.8 Å². The number of rotatable bonds is 5. The molecule has 5 heteroatoms. The van der Waals surface area contributed by atoms with Gasteiger partial charge in [-0.25, -0.2) is 0 Å². The smallest absolute Gasteiger partial charge is 0.318 e. The third-order valence-corrected chi connectivity index (χ3v) is 2.96. The molecule has 0 aromatic rings. The fourth-order valence-corrected chi connectivity index (χ4v) is 1.52. The Labute approximate surface area is 95.2 Å². The van der Waals surface area contributed by atoms with E-state index in [2.05, 4.69) is 5.32 Å². The molecule has 5 nitrogen and oxygen atoms in total. The second kappa shape index (κ2) is 5.30. The number of carboxylic acids is 1. The van der Waals surface area contributed by atoms with Crippen LogP contribution in [-0.2, 0) is 14.3 Å². The molecule has 1 amide bonds. The molecule has 1 aliphatic heterocycles. The first-order chi connectivity index (χ1) is 7.44. The van der Waals surface area contributed by atoms with Crippen molar-refractivity contribution >= 4 is 11.9 Å². The summed E-state index contributed by atoms with van der Waals surface area (Å²) < 4.78 is 5.21. The molecule has 1 unspecified atom stereocenters. The summed E-state index contributed by atoms with van der Waals surface area (Å²) in [6, 6.07) is 0. The fraction of sp³-hybridized carbons (Fsp3) is 0.818. The number of nitrogens with one attached hydrogen (secondary N) is 1. The van der Waals surface area contributed by atoms with Crippen LogP contribution >= 0.6 is 0 Å². The van der Waals surface area contributed by atoms with Crippen molar-refractivity contribution in [3.05, 3.63) is 0 Å². The predicted molar refractivity (Wildman–Crippen MR) is 58.0 cm³/mol. The number of amides is 1. The second-order valence-corrected chi connectivity index (χ2v) is 4.70. The fourth-order valence-electron chi connectivity index (χ4n) is 1.52. The Hall–Kier alpha value is -1.10. The quantitative estimate of drug-likeness (QED) is 0.678. The van der Waals surface area contributed by atoms with Gasteiger partial charge in [-0.05, 0) is 32.6 Å². The molecule has 2 N–H and O–H groups in total. The summed E-state index contributed by atoms with van der Waals surface area (Å²) in [5.41, 5.74) is -1.35. The van der Waals surface area contributed by atoms with E-state index in [-0.39, 0.29) is 0 Å². The summed E-state index contributed by atoms with van der Waals surface area (Å²) in [4.78, 5) is 22.4. The van der Waals surface area contributed by atoms with Crippen LogP contribution in [0.25, 0.3) is 0 Å². The normalized spacial score (nSPS) is 20.8. The minimum absolute atomic E-state index is 0.432. The molecule has 1 aliphatic rings. The molecule has 0 radical (unpaired) electrons. The van der Waals surface area contributed by atoms with Crippen LogP contribution in [0.4, 0.5) is 0 Å². The predicted octanol–water partition coefficient (Wildman–Crippen LogP) is 0.640. The standard InChI is InChI=1S/C11H19NO4/c1-11(2,10(14)15)9(13)12-5-3-8-4-6-16-7-8/h8H,3-7H2,1-2H3,(H,12,13)(H,14,15). The molecule has 0 spiro atoms. The van der Waals surface area contributed by atoms with Crippen LogP contribution in [0.15, 0.2) is 0 Å². The maximum absolute atomic E-state index is 11.6. The van der Waals surface area contributed by atoms with E-state index in [9.17, 15) is 9.59 Å². The summed E-state index contributed by atoms with van der Waals surface area (Å²) in [5, 5.41) is 11.5. The van der Waals surface area contributed by atoms with E-state index < -0.39 is 17.3 Å². The van der Waals surface area contributed by atoms with E-state index in [4.69, 9.17) is 9.84 Å². The zero-order valence-corrected chi connectivity index (χ0v) is 9.78. The van der Waals surface area contributed by atoms with Crippen molar-refractivity contribution in [2.75, 3.05) is 19.8 Å². The highest BCUT2D eigenvalue weighted by Gasteiger charge is 2.35. The first kappa shape index (κ1) is 13.0. The average molecular weight is 229 g/mol. The summed E-state index contributed by atoms with van der Waals surface area (Å²) in [5.74, 6) is -1.04. The van der Waals surface area contributed by atoms with Crippen molar-refractivity contribution in [1.82, 2.24) is 5.32 Å². The lowest BCUT2D eigenvalue weighted by atomic mass is 9.92. The Balaban J connectivity index is 2.26. The molecule has 1 heterocycles. The Morgan fingerprint density at radius 1 is 1.50 bits per heavy atom. The van der Waals surface area contributed by atoms with Crippen LogP contribution < -0.4 is 5.32 Å². The molecular weight excluding hydrogens is 210 g/mol. The zero-order valence-electron chi connectivity index (χ0n) is 9.78. The van der Waals surface area contributed by atoms with Crippen molar-refractivity contribution in [3.8, 4) is 0 Å². The van der Waals surface area contributed by atoms with Crippen LogP contribution in [0, 0.1) is 11.3 Å². The number of carbonyl (C=O) groups is 2. The molecule has 0 bridgehead atoms. The van der Waals surface area contributed by atoms with Gasteiger partial charge in [0.05, 0.1) is 0 Å². The zero-order chi connectivity index (χ0) is 12.2. The van der Waals surface area contributed by atoms with E-state index in [0.717, 1.165) is 26.1 Å². The minimum Gasteiger partial charge on any atom is -0.480 e. The number of hydrogen-bond acceptors (Lipinski definition) is 3. The van der Waals surface area contributed by atoms with E-state index >= 15 is 0 Å². The molecule has 1 saturated heterocycles. The highest BCUT2D eigenvalue weighted by molar-refractivity contribution is 6.00. The van der Waals surface area contributed by atoms with Crippen LogP contribution in [0.1, 0.15) is 26.7 Å². The van der Waals surface area contributed by atoms with E-state index in [1.165, 1.54) is 13.8 Å². The summed E-state index contributed by atoms with van der Waals surface area (Å²) in [6.07, 6.45) is 1.87. The summed E-state index contributed by atoms with van der Waals surface area (Å²) >= 11 is 0. The molecule has 1 rings (SSSR count). The van der Waals surface area contributed by atoms with Gasteiger partial charge < -0.3 is 15.2 Å². The van der Waals surface area contributed by atoms with Gasteiger partial charge in [-0.1, -0.05) is 0 Å². The Morgan fingerprint density at radius 3 is 2.69 bits per heavy atom. The molecule has 0 aromatic heterocycles. The Bertz CT molecular complexity index is 269. The van der Waals surface area contributed by atoms with Crippen molar-refractivity contribution in [2.45, 2.75) is 26.7 Å². The van der Waals surface area contributed by atoms with Gasteiger partial charge in [0.15, 0.2) is 0 Å². The van der Waals surface area contributed by atoms with Crippen molar-refractivity contribution in [3.63, 3.8) is 0 Å². The van der Waals surface area contributed by atoms with Crippen molar-refractivity contribution in [2.24, 2.45) is 11.3 Å². The SMILES string of the molecule is CC(C)(C(=O)O)C(=O)NCCC1CCOC1. The second-order valence-electron chi connectivity index (χ2n) is 4.70. The summed E-state index contributed by atoms with van der Waals surface area (Å²) in [6.45, 7) is 4.87. The van der Waals surface area contributed by atoms with Crippen molar-refractivity contribution < 1.29 is 19.4 Å². The topological polar surface area (TPSA) is 75.6 Å². The summed E-state index contributed by atoms with van der Waals surface area (Å²) in [7, 11) is 0. The van der Waals surface area contributed by atoms with Gasteiger partial charge in [0.25, 0.3) is 0 Å². The number of ether oxygens (including phenoxy) is 1. The van der Waals surface area contributed by atoms with Crippen molar-refractivity contribution in [1.29, 1.82) is 0 Å². The number of carboxylic acid groups (broad SMARTS) is 1. The third-order valence-electron chi connectivity index (χ3n) is 2.96. The molecule has 16 heavy (non-hydrogen) atoms. The van der Waals surface area contributed by atoms with E-state index in [1.807, 2.05) is 0 Å². The molecule has 0 saturated carbocycles. The minimum atomic E-state index is -1.35. The molecule has 1 atom stereocenters. The first-order valence-corrected chi connectivity index (χ1v) is 5.54. The third kappa shape index (κ3) is 3.20. The average Bonchev–Trinajstić information content (AvgIpc) is 2.70. The Morgan fingerprint density at radius 2 is 2.19 bits per heavy atom. The molecule has 1 fully saturated rings. The van der Waals surface area contributed by atoms with Gasteiger partial charge in [-0.3, -0.25) is 9.59 Å². The van der Waals surface area contributed by atoms with E-state index in [1.54, 1.807) is 0 Å². The lowest BCUT2D eigenvalue weighted by Crippen LogP contribution is -2.42. The molecule has 92 valence electrons. The van der Waals surface area contributed by atoms with Crippen LogP contribution in [0.2, 0.25) is 0 Å². The highest BCUT2D eigenvalue weighted by Crippen LogP contribution is 2.17. The van der Waals surface area contributed by atoms with Gasteiger partial charge in [-0.15, -0.1) is 0 Å². The van der Waals surface area contributed by atoms with Gasteiger partial charge in [-0.2, -0.15) is 0 Å². The van der Waals surface area contributed by atoms with E-state index in [0.29, 0.717) is 12.5 Å².